The maximum absolute atomic E-state index is 2.34. The summed E-state index contributed by atoms with van der Waals surface area (Å²) >= 11 is 0. The Balaban J connectivity index is 0.966. The Bertz CT molecular complexity index is 2590. The summed E-state index contributed by atoms with van der Waals surface area (Å²) in [5, 5.41) is 0. The van der Waals surface area contributed by atoms with Crippen molar-refractivity contribution < 1.29 is 0 Å². The summed E-state index contributed by atoms with van der Waals surface area (Å²) in [6.45, 7) is 0. The van der Waals surface area contributed by atoms with Gasteiger partial charge in [0, 0.05) is 34.1 Å². The summed E-state index contributed by atoms with van der Waals surface area (Å²) in [6, 6.07) is 76.2. The van der Waals surface area contributed by atoms with Crippen molar-refractivity contribution in [2.45, 2.75) is 12.8 Å². The van der Waals surface area contributed by atoms with E-state index in [1.165, 1.54) is 44.5 Å². The van der Waals surface area contributed by atoms with Crippen LogP contribution in [0.5, 0.6) is 0 Å². The first-order chi connectivity index (χ1) is 27.8. The highest BCUT2D eigenvalue weighted by molar-refractivity contribution is 5.84. The number of para-hydroxylation sites is 2. The Morgan fingerprint density at radius 1 is 0.268 bits per heavy atom. The minimum absolute atomic E-state index is 1.09. The second-order valence-corrected chi connectivity index (χ2v) is 14.1. The van der Waals surface area contributed by atoms with E-state index >= 15 is 0 Å². The van der Waals surface area contributed by atoms with E-state index in [0.717, 1.165) is 47.0 Å². The van der Waals surface area contributed by atoms with E-state index in [1.54, 1.807) is 0 Å². The van der Waals surface area contributed by atoms with Crippen LogP contribution in [0.15, 0.2) is 231 Å². The molecule has 0 bridgehead atoms. The molecule has 1 aliphatic carbocycles. The van der Waals surface area contributed by atoms with Gasteiger partial charge in [0.1, 0.15) is 0 Å². The van der Waals surface area contributed by atoms with Gasteiger partial charge in [-0.25, -0.2) is 0 Å². The molecule has 268 valence electrons. The van der Waals surface area contributed by atoms with E-state index in [0.29, 0.717) is 0 Å². The minimum atomic E-state index is 1.09. The molecular formula is C54H42N2. The number of hydrogen-bond acceptors (Lipinski definition) is 2. The molecule has 0 radical (unpaired) electrons. The molecular weight excluding hydrogens is 677 g/mol. The summed E-state index contributed by atoms with van der Waals surface area (Å²) in [5.74, 6) is 0. The maximum atomic E-state index is 2.34. The predicted molar refractivity (Wildman–Crippen MR) is 238 cm³/mol. The third-order valence-electron chi connectivity index (χ3n) is 10.5. The van der Waals surface area contributed by atoms with E-state index in [-0.39, 0.29) is 0 Å². The molecule has 8 aromatic rings. The van der Waals surface area contributed by atoms with E-state index in [9.17, 15) is 0 Å². The first-order valence-electron chi connectivity index (χ1n) is 19.4. The smallest absolute Gasteiger partial charge is 0.0467 e. The Morgan fingerprint density at radius 2 is 0.625 bits per heavy atom. The Hall–Kier alpha value is -7.16. The zero-order chi connectivity index (χ0) is 37.5. The van der Waals surface area contributed by atoms with Crippen molar-refractivity contribution in [3.8, 4) is 33.4 Å². The lowest BCUT2D eigenvalue weighted by Gasteiger charge is -2.26. The third-order valence-corrected chi connectivity index (χ3v) is 10.5. The lowest BCUT2D eigenvalue weighted by molar-refractivity contribution is 1.04. The number of rotatable bonds is 10. The highest BCUT2D eigenvalue weighted by atomic mass is 15.1. The first-order valence-corrected chi connectivity index (χ1v) is 19.4. The molecule has 0 atom stereocenters. The Morgan fingerprint density at radius 3 is 1.09 bits per heavy atom. The van der Waals surface area contributed by atoms with Gasteiger partial charge in [0.2, 0.25) is 0 Å². The van der Waals surface area contributed by atoms with Crippen LogP contribution < -0.4 is 9.80 Å². The molecule has 0 spiro atoms. The number of benzene rings is 8. The third kappa shape index (κ3) is 7.46. The molecule has 2 heteroatoms. The molecule has 0 unspecified atom stereocenters. The molecule has 56 heavy (non-hydrogen) atoms. The molecule has 0 aliphatic heterocycles. The van der Waals surface area contributed by atoms with Gasteiger partial charge in [0.05, 0.1) is 0 Å². The maximum Gasteiger partial charge on any atom is 0.0467 e. The quantitative estimate of drug-likeness (QED) is 0.139. The van der Waals surface area contributed by atoms with E-state index in [4.69, 9.17) is 0 Å². The molecule has 2 nitrogen and oxygen atoms in total. The SMILES string of the molecule is C1=CC(c2cccc(N(c3ccccc3)c3ccc(-c4ccc(-c5ccc(N(c6ccccc6)c6cccc(-c7ccccc7)c6)cc5)cc4)cc3)c2)=CCC1. The topological polar surface area (TPSA) is 6.48 Å². The van der Waals surface area contributed by atoms with Gasteiger partial charge in [-0.3, -0.25) is 0 Å². The Kier molecular flexibility index (Phi) is 9.92. The molecule has 8 aromatic carbocycles. The van der Waals surface area contributed by atoms with Crippen LogP contribution in [0, 0.1) is 0 Å². The number of anilines is 6. The number of nitrogens with zero attached hydrogens (tertiary/aromatic N) is 2. The van der Waals surface area contributed by atoms with Crippen LogP contribution in [0.3, 0.4) is 0 Å². The highest BCUT2D eigenvalue weighted by Crippen LogP contribution is 2.39. The molecule has 9 rings (SSSR count). The fourth-order valence-corrected chi connectivity index (χ4v) is 7.62. The zero-order valence-electron chi connectivity index (χ0n) is 31.2. The van der Waals surface area contributed by atoms with Crippen LogP contribution >= 0.6 is 0 Å². The van der Waals surface area contributed by atoms with Crippen molar-refractivity contribution in [2.24, 2.45) is 0 Å². The average molecular weight is 719 g/mol. The molecule has 0 N–H and O–H groups in total. The highest BCUT2D eigenvalue weighted by Gasteiger charge is 2.16. The molecule has 0 aromatic heterocycles. The van der Waals surface area contributed by atoms with Crippen LogP contribution in [-0.2, 0) is 0 Å². The first kappa shape index (κ1) is 34.6. The summed E-state index contributed by atoms with van der Waals surface area (Å²) in [7, 11) is 0. The molecule has 0 fully saturated rings. The summed E-state index contributed by atoms with van der Waals surface area (Å²) < 4.78 is 0. The summed E-state index contributed by atoms with van der Waals surface area (Å²) in [6.07, 6.45) is 9.06. The van der Waals surface area contributed by atoms with Gasteiger partial charge in [-0.2, -0.15) is 0 Å². The van der Waals surface area contributed by atoms with Crippen LogP contribution in [0.1, 0.15) is 18.4 Å². The van der Waals surface area contributed by atoms with Gasteiger partial charge in [-0.05, 0) is 130 Å². The Labute approximate surface area is 330 Å². The van der Waals surface area contributed by atoms with Crippen molar-refractivity contribution >= 4 is 39.7 Å². The number of allylic oxidation sites excluding steroid dienone is 4. The lowest BCUT2D eigenvalue weighted by Crippen LogP contribution is -2.10. The van der Waals surface area contributed by atoms with E-state index in [2.05, 4.69) is 240 Å². The fraction of sp³-hybridized carbons (Fsp3) is 0.0370. The van der Waals surface area contributed by atoms with Gasteiger partial charge in [-0.1, -0.05) is 158 Å². The average Bonchev–Trinajstić information content (AvgIpc) is 3.29. The second kappa shape index (κ2) is 16.1. The van der Waals surface area contributed by atoms with E-state index < -0.39 is 0 Å². The molecule has 0 amide bonds. The summed E-state index contributed by atoms with van der Waals surface area (Å²) in [4.78, 5) is 4.66. The van der Waals surface area contributed by atoms with Crippen LogP contribution in [0.25, 0.3) is 39.0 Å². The van der Waals surface area contributed by atoms with Crippen molar-refractivity contribution in [3.63, 3.8) is 0 Å². The molecule has 0 heterocycles. The van der Waals surface area contributed by atoms with Crippen LogP contribution in [-0.4, -0.2) is 0 Å². The fourth-order valence-electron chi connectivity index (χ4n) is 7.62. The predicted octanol–water partition coefficient (Wildman–Crippen LogP) is 15.4. The lowest BCUT2D eigenvalue weighted by atomic mass is 9.98. The summed E-state index contributed by atoms with van der Waals surface area (Å²) in [5.41, 5.74) is 16.4. The van der Waals surface area contributed by atoms with Gasteiger partial charge in [0.25, 0.3) is 0 Å². The van der Waals surface area contributed by atoms with Crippen molar-refractivity contribution in [3.05, 3.63) is 236 Å². The van der Waals surface area contributed by atoms with Gasteiger partial charge < -0.3 is 9.80 Å². The second-order valence-electron chi connectivity index (χ2n) is 14.1. The van der Waals surface area contributed by atoms with Gasteiger partial charge in [-0.15, -0.1) is 0 Å². The van der Waals surface area contributed by atoms with Crippen molar-refractivity contribution in [1.29, 1.82) is 0 Å². The van der Waals surface area contributed by atoms with E-state index in [1.807, 2.05) is 0 Å². The van der Waals surface area contributed by atoms with Crippen molar-refractivity contribution in [1.82, 2.24) is 0 Å². The normalized spacial score (nSPS) is 12.2. The molecule has 1 aliphatic rings. The minimum Gasteiger partial charge on any atom is -0.310 e. The zero-order valence-corrected chi connectivity index (χ0v) is 31.2. The monoisotopic (exact) mass is 718 g/mol. The molecule has 0 saturated heterocycles. The molecule has 0 saturated carbocycles. The standard InChI is InChI=1S/C54H42N2/c1-5-15-41(16-6-1)47-19-13-25-53(39-47)55(49-21-9-3-10-22-49)51-35-31-45(32-36-51)43-27-29-44(30-28-43)46-33-37-52(38-34-46)56(50-23-11-4-12-24-50)54-26-14-20-48(40-54)42-17-7-2-8-18-42/h1,3-7,9-40H,2,8H2. The number of hydrogen-bond donors (Lipinski definition) is 0. The largest absolute Gasteiger partial charge is 0.310 e. The van der Waals surface area contributed by atoms with Crippen LogP contribution in [0.2, 0.25) is 0 Å². The van der Waals surface area contributed by atoms with Crippen LogP contribution in [0.4, 0.5) is 34.1 Å². The van der Waals surface area contributed by atoms with Crippen molar-refractivity contribution in [2.75, 3.05) is 9.80 Å². The van der Waals surface area contributed by atoms with Gasteiger partial charge >= 0.3 is 0 Å². The van der Waals surface area contributed by atoms with Gasteiger partial charge in [0.15, 0.2) is 0 Å².